The molecule has 1 unspecified atom stereocenters. The first-order valence-electron chi connectivity index (χ1n) is 14.2. The van der Waals surface area contributed by atoms with Gasteiger partial charge in [-0.25, -0.2) is 0 Å². The molecule has 12 heteroatoms. The summed E-state index contributed by atoms with van der Waals surface area (Å²) in [5.74, 6) is -1.92. The number of imide groups is 2. The Morgan fingerprint density at radius 1 is 0.825 bits per heavy atom. The zero-order valence-corrected chi connectivity index (χ0v) is 23.2. The Morgan fingerprint density at radius 3 is 1.98 bits per heavy atom. The van der Waals surface area contributed by atoms with E-state index in [4.69, 9.17) is 19.9 Å². The first-order valence-corrected chi connectivity index (χ1v) is 14.2. The van der Waals surface area contributed by atoms with E-state index in [1.165, 1.54) is 12.8 Å². The van der Waals surface area contributed by atoms with Crippen molar-refractivity contribution < 1.29 is 33.4 Å². The highest BCUT2D eigenvalue weighted by Gasteiger charge is 2.44. The number of amides is 4. The normalized spacial score (nSPS) is 19.3. The number of nitrogens with zero attached hydrogens (tertiary/aromatic N) is 1. The average molecular weight is 562 g/mol. The molecule has 40 heavy (non-hydrogen) atoms. The second-order valence-corrected chi connectivity index (χ2v) is 9.80. The van der Waals surface area contributed by atoms with E-state index in [0.29, 0.717) is 50.1 Å². The Bertz CT molecular complexity index is 935. The number of hydrogen-bond donors (Lipinski definition) is 4. The van der Waals surface area contributed by atoms with Crippen molar-refractivity contribution in [3.05, 3.63) is 35.4 Å². The van der Waals surface area contributed by atoms with Gasteiger partial charge in [-0.3, -0.25) is 29.4 Å². The fourth-order valence-electron chi connectivity index (χ4n) is 4.65. The lowest BCUT2D eigenvalue weighted by atomic mass is 10.0. The van der Waals surface area contributed by atoms with Crippen LogP contribution in [0.3, 0.4) is 0 Å². The Hall–Kier alpha value is -2.74. The molecule has 222 valence electrons. The molecule has 12 nitrogen and oxygen atoms in total. The zero-order chi connectivity index (χ0) is 28.6. The van der Waals surface area contributed by atoms with Crippen molar-refractivity contribution in [3.8, 4) is 0 Å². The molecule has 2 saturated heterocycles. The standard InChI is InChI=1S/C15H33N3O3.C13H10N2O4/c16-5-1-9-19-11-13-21-14-12-20-10-2-6-18-15-3-7-17-8-4-15;16-10-6-5-9(11(17)14-10)15-12(18)7-3-1-2-4-8(7)13(15)19/h15,17-18H,1-14,16H2;1-4,9H,5-6H2,(H,14,16,17). The van der Waals surface area contributed by atoms with Gasteiger partial charge in [-0.05, 0) is 70.4 Å². The smallest absolute Gasteiger partial charge is 0.262 e. The van der Waals surface area contributed by atoms with Crippen LogP contribution in [0.25, 0.3) is 0 Å². The number of rotatable bonds is 15. The van der Waals surface area contributed by atoms with Crippen LogP contribution in [0.5, 0.6) is 0 Å². The lowest BCUT2D eigenvalue weighted by Crippen LogP contribution is -2.54. The molecule has 0 radical (unpaired) electrons. The summed E-state index contributed by atoms with van der Waals surface area (Å²) in [6.45, 7) is 8.10. The lowest BCUT2D eigenvalue weighted by Gasteiger charge is -2.27. The van der Waals surface area contributed by atoms with Gasteiger partial charge in [0.15, 0.2) is 0 Å². The molecular weight excluding hydrogens is 518 g/mol. The Balaban J connectivity index is 0.000000221. The maximum Gasteiger partial charge on any atom is 0.262 e. The van der Waals surface area contributed by atoms with Crippen LogP contribution >= 0.6 is 0 Å². The third kappa shape index (κ3) is 10.0. The lowest BCUT2D eigenvalue weighted by molar-refractivity contribution is -0.136. The Labute approximate surface area is 235 Å². The summed E-state index contributed by atoms with van der Waals surface area (Å²) in [5, 5.41) is 9.10. The number of carbonyl (C=O) groups excluding carboxylic acids is 4. The van der Waals surface area contributed by atoms with Gasteiger partial charge >= 0.3 is 0 Å². The molecule has 0 saturated carbocycles. The van der Waals surface area contributed by atoms with E-state index in [1.54, 1.807) is 24.3 Å². The zero-order valence-electron chi connectivity index (χ0n) is 23.2. The summed E-state index contributed by atoms with van der Waals surface area (Å²) >= 11 is 0. The van der Waals surface area contributed by atoms with Crippen LogP contribution in [0.15, 0.2) is 24.3 Å². The van der Waals surface area contributed by atoms with Crippen molar-refractivity contribution in [2.24, 2.45) is 5.73 Å². The van der Waals surface area contributed by atoms with Crippen LogP contribution in [0.1, 0.15) is 59.2 Å². The van der Waals surface area contributed by atoms with Gasteiger partial charge in [-0.1, -0.05) is 12.1 Å². The number of benzene rings is 1. The number of nitrogens with one attached hydrogen (secondary N) is 3. The van der Waals surface area contributed by atoms with Crippen molar-refractivity contribution in [1.82, 2.24) is 20.9 Å². The predicted molar refractivity (Wildman–Crippen MR) is 148 cm³/mol. The Kier molecular flexibility index (Phi) is 14.2. The highest BCUT2D eigenvalue weighted by molar-refractivity contribution is 6.23. The number of ether oxygens (including phenoxy) is 3. The molecule has 5 N–H and O–H groups in total. The van der Waals surface area contributed by atoms with Gasteiger partial charge in [0.2, 0.25) is 11.8 Å². The van der Waals surface area contributed by atoms with Crippen molar-refractivity contribution in [3.63, 3.8) is 0 Å². The number of nitrogens with two attached hydrogens (primary N) is 1. The van der Waals surface area contributed by atoms with Crippen LogP contribution in [0.2, 0.25) is 0 Å². The summed E-state index contributed by atoms with van der Waals surface area (Å²) in [4.78, 5) is 48.1. The van der Waals surface area contributed by atoms with Crippen molar-refractivity contribution >= 4 is 23.6 Å². The molecule has 0 bridgehead atoms. The summed E-state index contributed by atoms with van der Waals surface area (Å²) < 4.78 is 16.3. The fourth-order valence-corrected chi connectivity index (χ4v) is 4.65. The van der Waals surface area contributed by atoms with Gasteiger partial charge in [0.1, 0.15) is 6.04 Å². The van der Waals surface area contributed by atoms with Crippen LogP contribution in [-0.4, -0.2) is 106 Å². The molecule has 0 spiro atoms. The number of hydrogen-bond acceptors (Lipinski definition) is 10. The van der Waals surface area contributed by atoms with Gasteiger partial charge in [0.05, 0.1) is 37.6 Å². The largest absolute Gasteiger partial charge is 0.379 e. The summed E-state index contributed by atoms with van der Waals surface area (Å²) in [6.07, 6.45) is 4.75. The van der Waals surface area contributed by atoms with Gasteiger partial charge in [0.25, 0.3) is 11.8 Å². The van der Waals surface area contributed by atoms with Crippen LogP contribution in [-0.2, 0) is 23.8 Å². The molecule has 1 aromatic rings. The highest BCUT2D eigenvalue weighted by Crippen LogP contribution is 2.27. The molecule has 3 aliphatic rings. The monoisotopic (exact) mass is 561 g/mol. The molecule has 2 fully saturated rings. The van der Waals surface area contributed by atoms with E-state index in [2.05, 4.69) is 16.0 Å². The second-order valence-electron chi connectivity index (χ2n) is 9.80. The molecule has 3 heterocycles. The Morgan fingerprint density at radius 2 is 1.40 bits per heavy atom. The second kappa shape index (κ2) is 17.8. The van der Waals surface area contributed by atoms with E-state index < -0.39 is 23.8 Å². The minimum absolute atomic E-state index is 0.129. The van der Waals surface area contributed by atoms with Gasteiger partial charge in [0, 0.05) is 25.7 Å². The van der Waals surface area contributed by atoms with E-state index in [-0.39, 0.29) is 18.7 Å². The quantitative estimate of drug-likeness (QED) is 0.172. The molecular formula is C28H43N5O7. The molecule has 1 aromatic carbocycles. The molecule has 1 atom stereocenters. The third-order valence-electron chi connectivity index (χ3n) is 6.82. The van der Waals surface area contributed by atoms with Gasteiger partial charge < -0.3 is 30.6 Å². The minimum Gasteiger partial charge on any atom is -0.379 e. The van der Waals surface area contributed by atoms with Crippen LogP contribution < -0.4 is 21.7 Å². The molecule has 0 aromatic heterocycles. The fraction of sp³-hybridized carbons (Fsp3) is 0.643. The third-order valence-corrected chi connectivity index (χ3v) is 6.82. The van der Waals surface area contributed by atoms with Gasteiger partial charge in [-0.2, -0.15) is 0 Å². The summed E-state index contributed by atoms with van der Waals surface area (Å²) in [7, 11) is 0. The molecule has 0 aliphatic carbocycles. The maximum atomic E-state index is 12.2. The van der Waals surface area contributed by atoms with E-state index in [0.717, 1.165) is 50.6 Å². The highest BCUT2D eigenvalue weighted by atomic mass is 16.5. The number of fused-ring (bicyclic) bond motifs is 1. The summed E-state index contributed by atoms with van der Waals surface area (Å²) in [5.41, 5.74) is 5.97. The van der Waals surface area contributed by atoms with E-state index >= 15 is 0 Å². The number of carbonyl (C=O) groups is 4. The van der Waals surface area contributed by atoms with E-state index in [1.807, 2.05) is 0 Å². The van der Waals surface area contributed by atoms with Gasteiger partial charge in [-0.15, -0.1) is 0 Å². The van der Waals surface area contributed by atoms with Crippen LogP contribution in [0, 0.1) is 0 Å². The maximum absolute atomic E-state index is 12.2. The molecule has 4 amide bonds. The number of piperidine rings is 2. The van der Waals surface area contributed by atoms with Crippen molar-refractivity contribution in [2.45, 2.75) is 50.6 Å². The SMILES string of the molecule is NCCCOCCOCCOCCCNC1CCNCC1.O=C1CCC(N2C(=O)c3ccccc3C2=O)C(=O)N1. The summed E-state index contributed by atoms with van der Waals surface area (Å²) in [6, 6.07) is 6.23. The molecule has 4 rings (SSSR count). The van der Waals surface area contributed by atoms with Crippen molar-refractivity contribution in [1.29, 1.82) is 0 Å². The van der Waals surface area contributed by atoms with E-state index in [9.17, 15) is 19.2 Å². The topological polar surface area (TPSA) is 161 Å². The predicted octanol–water partition coefficient (Wildman–Crippen LogP) is 0.205. The first-order chi connectivity index (χ1) is 19.5. The van der Waals surface area contributed by atoms with Crippen LogP contribution in [0.4, 0.5) is 0 Å². The first kappa shape index (κ1) is 31.8. The van der Waals surface area contributed by atoms with Crippen molar-refractivity contribution in [2.75, 3.05) is 65.8 Å². The molecule has 3 aliphatic heterocycles. The average Bonchev–Trinajstić information content (AvgIpc) is 3.22. The minimum atomic E-state index is -0.898.